The molecular weight excluding hydrogens is 524 g/mol. The van der Waals surface area contributed by atoms with E-state index in [1.165, 1.54) is 6.92 Å². The third kappa shape index (κ3) is 10.1. The first-order valence-electron chi connectivity index (χ1n) is 12.5. The molecule has 0 radical (unpaired) electrons. The molecule has 11 N–H and O–H groups in total. The number of fused-ring (bicyclic) bond motifs is 1. The summed E-state index contributed by atoms with van der Waals surface area (Å²) in [6, 6.07) is 3.33. The van der Waals surface area contributed by atoms with Crippen LogP contribution in [0, 0.1) is 0 Å². The number of benzene rings is 1. The Hall–Kier alpha value is -3.78. The Kier molecular flexibility index (Phi) is 12.6. The molecule has 1 heterocycles. The Morgan fingerprint density at radius 1 is 1.03 bits per heavy atom. The van der Waals surface area contributed by atoms with Crippen LogP contribution in [0.5, 0.6) is 0 Å². The van der Waals surface area contributed by atoms with Crippen molar-refractivity contribution in [3.8, 4) is 0 Å². The molecule has 0 fully saturated rings. The van der Waals surface area contributed by atoms with Gasteiger partial charge in [0.2, 0.25) is 17.7 Å². The van der Waals surface area contributed by atoms with Crippen LogP contribution in [0.25, 0.3) is 10.9 Å². The van der Waals surface area contributed by atoms with Gasteiger partial charge in [-0.25, -0.2) is 0 Å². The number of guanidine groups is 1. The highest BCUT2D eigenvalue weighted by molar-refractivity contribution is 7.98. The molecule has 4 atom stereocenters. The maximum atomic E-state index is 13.4. The van der Waals surface area contributed by atoms with Gasteiger partial charge in [-0.15, -0.1) is 0 Å². The molecule has 2 aromatic rings. The molecule has 14 heteroatoms. The summed E-state index contributed by atoms with van der Waals surface area (Å²) in [5, 5.41) is 17.9. The zero-order valence-corrected chi connectivity index (χ0v) is 22.9. The van der Waals surface area contributed by atoms with Crippen molar-refractivity contribution in [1.82, 2.24) is 20.9 Å². The summed E-state index contributed by atoms with van der Waals surface area (Å²) in [6.07, 6.45) is 4.68. The highest BCUT2D eigenvalue weighted by atomic mass is 32.2. The number of amides is 3. The number of rotatable bonds is 16. The van der Waals surface area contributed by atoms with Crippen LogP contribution in [0.15, 0.2) is 35.5 Å². The first-order chi connectivity index (χ1) is 18.5. The summed E-state index contributed by atoms with van der Waals surface area (Å²) in [5.41, 5.74) is 18.3. The van der Waals surface area contributed by atoms with Crippen molar-refractivity contribution in [1.29, 1.82) is 0 Å². The number of carbonyl (C=O) groups is 4. The van der Waals surface area contributed by atoms with Gasteiger partial charge >= 0.3 is 5.97 Å². The van der Waals surface area contributed by atoms with Gasteiger partial charge in [-0.3, -0.25) is 24.2 Å². The minimum Gasteiger partial charge on any atom is -0.480 e. The van der Waals surface area contributed by atoms with E-state index in [1.54, 1.807) is 18.0 Å². The van der Waals surface area contributed by atoms with E-state index in [9.17, 15) is 24.3 Å². The van der Waals surface area contributed by atoms with Crippen LogP contribution in [0.3, 0.4) is 0 Å². The molecule has 214 valence electrons. The van der Waals surface area contributed by atoms with Gasteiger partial charge in [0.15, 0.2) is 5.96 Å². The minimum absolute atomic E-state index is 0.0792. The number of nitrogens with two attached hydrogens (primary N) is 3. The average Bonchev–Trinajstić information content (AvgIpc) is 3.30. The fourth-order valence-electron chi connectivity index (χ4n) is 3.80. The lowest BCUT2D eigenvalue weighted by molar-refractivity contribution is -0.141. The Morgan fingerprint density at radius 2 is 1.69 bits per heavy atom. The van der Waals surface area contributed by atoms with Crippen LogP contribution >= 0.6 is 11.8 Å². The number of carboxylic acids is 1. The average molecular weight is 563 g/mol. The molecule has 2 rings (SSSR count). The van der Waals surface area contributed by atoms with Gasteiger partial charge in [0.05, 0.1) is 6.04 Å². The molecule has 39 heavy (non-hydrogen) atoms. The monoisotopic (exact) mass is 562 g/mol. The van der Waals surface area contributed by atoms with Crippen molar-refractivity contribution in [2.24, 2.45) is 22.2 Å². The van der Waals surface area contributed by atoms with Crippen molar-refractivity contribution in [2.75, 3.05) is 18.6 Å². The third-order valence-corrected chi connectivity index (χ3v) is 6.65. The maximum Gasteiger partial charge on any atom is 0.325 e. The molecule has 0 bridgehead atoms. The number of carboxylic acid groups (broad SMARTS) is 1. The topological polar surface area (TPSA) is 231 Å². The number of aromatic nitrogens is 1. The van der Waals surface area contributed by atoms with Crippen LogP contribution in [0.2, 0.25) is 0 Å². The second kappa shape index (κ2) is 15.6. The van der Waals surface area contributed by atoms with Crippen LogP contribution in [-0.2, 0) is 25.6 Å². The van der Waals surface area contributed by atoms with E-state index in [2.05, 4.69) is 25.9 Å². The Balaban J connectivity index is 2.26. The standard InChI is InChI=1S/C25H38N8O5S/c1-14(24(37)38)31-23(36)20(12-15-13-30-18-7-4-3-6-16(15)18)33-22(35)19(8-5-10-29-25(27)28)32-21(34)17(26)9-11-39-2/h3-4,6-7,13-14,17,19-20,30H,5,8-12,26H2,1-2H3,(H,31,36)(H,32,34)(H,33,35)(H,37,38)(H4,27,28,29). The first-order valence-corrected chi connectivity index (χ1v) is 13.9. The fraction of sp³-hybridized carbons (Fsp3) is 0.480. The number of H-pyrrole nitrogens is 1. The van der Waals surface area contributed by atoms with Gasteiger partial charge in [-0.05, 0) is 49.8 Å². The Labute approximate surface area is 231 Å². The van der Waals surface area contributed by atoms with E-state index >= 15 is 0 Å². The van der Waals surface area contributed by atoms with Crippen molar-refractivity contribution >= 4 is 52.3 Å². The van der Waals surface area contributed by atoms with E-state index in [4.69, 9.17) is 17.2 Å². The molecule has 0 aliphatic heterocycles. The predicted octanol–water partition coefficient (Wildman–Crippen LogP) is -0.597. The highest BCUT2D eigenvalue weighted by Crippen LogP contribution is 2.19. The van der Waals surface area contributed by atoms with Gasteiger partial charge in [0.25, 0.3) is 0 Å². The van der Waals surface area contributed by atoms with E-state index in [-0.39, 0.29) is 25.3 Å². The molecule has 4 unspecified atom stereocenters. The van der Waals surface area contributed by atoms with Gasteiger partial charge in [0, 0.05) is 30.1 Å². The molecule has 0 saturated carbocycles. The van der Waals surface area contributed by atoms with E-state index in [0.29, 0.717) is 18.6 Å². The summed E-state index contributed by atoms with van der Waals surface area (Å²) < 4.78 is 0. The normalized spacial score (nSPS) is 14.0. The number of aliphatic carboxylic acids is 1. The smallest absolute Gasteiger partial charge is 0.325 e. The Morgan fingerprint density at radius 3 is 2.36 bits per heavy atom. The molecular formula is C25H38N8O5S. The molecule has 13 nitrogen and oxygen atoms in total. The summed E-state index contributed by atoms with van der Waals surface area (Å²) in [6.45, 7) is 1.56. The summed E-state index contributed by atoms with van der Waals surface area (Å²) in [7, 11) is 0. The number of aliphatic imine (C=N–C) groups is 1. The molecule has 0 saturated heterocycles. The zero-order chi connectivity index (χ0) is 28.9. The van der Waals surface area contributed by atoms with Crippen LogP contribution in [0.4, 0.5) is 0 Å². The van der Waals surface area contributed by atoms with Crippen molar-refractivity contribution in [2.45, 2.75) is 56.8 Å². The molecule has 0 aliphatic rings. The van der Waals surface area contributed by atoms with E-state index < -0.39 is 47.9 Å². The van der Waals surface area contributed by atoms with Gasteiger partial charge < -0.3 is 43.2 Å². The number of hydrogen-bond acceptors (Lipinski definition) is 7. The van der Waals surface area contributed by atoms with Gasteiger partial charge in [0.1, 0.15) is 18.1 Å². The molecule has 0 aliphatic carbocycles. The summed E-state index contributed by atoms with van der Waals surface area (Å²) >= 11 is 1.55. The quantitative estimate of drug-likeness (QED) is 0.0740. The predicted molar refractivity (Wildman–Crippen MR) is 152 cm³/mol. The largest absolute Gasteiger partial charge is 0.480 e. The second-order valence-electron chi connectivity index (χ2n) is 9.09. The number of hydrogen-bond donors (Lipinski definition) is 8. The second-order valence-corrected chi connectivity index (χ2v) is 10.1. The maximum absolute atomic E-state index is 13.4. The number of nitrogens with one attached hydrogen (secondary N) is 4. The first kappa shape index (κ1) is 31.4. The van der Waals surface area contributed by atoms with Gasteiger partial charge in [-0.2, -0.15) is 11.8 Å². The van der Waals surface area contributed by atoms with Crippen molar-refractivity contribution in [3.63, 3.8) is 0 Å². The fourth-order valence-corrected chi connectivity index (χ4v) is 4.29. The molecule has 1 aromatic carbocycles. The van der Waals surface area contributed by atoms with Crippen molar-refractivity contribution < 1.29 is 24.3 Å². The third-order valence-electron chi connectivity index (χ3n) is 6.01. The number of thioether (sulfide) groups is 1. The number of para-hydroxylation sites is 1. The summed E-state index contributed by atoms with van der Waals surface area (Å²) in [5.74, 6) is -2.43. The van der Waals surface area contributed by atoms with E-state index in [0.717, 1.165) is 16.5 Å². The highest BCUT2D eigenvalue weighted by Gasteiger charge is 2.30. The number of nitrogens with zero attached hydrogens (tertiary/aromatic N) is 1. The van der Waals surface area contributed by atoms with Crippen LogP contribution in [0.1, 0.15) is 31.7 Å². The molecule has 0 spiro atoms. The molecule has 3 amide bonds. The lowest BCUT2D eigenvalue weighted by Gasteiger charge is -2.25. The Bertz CT molecular complexity index is 1170. The van der Waals surface area contributed by atoms with Crippen molar-refractivity contribution in [3.05, 3.63) is 36.0 Å². The number of aromatic amines is 1. The lowest BCUT2D eigenvalue weighted by atomic mass is 10.0. The van der Waals surface area contributed by atoms with Crippen LogP contribution in [-0.4, -0.2) is 82.5 Å². The minimum atomic E-state index is -1.22. The van der Waals surface area contributed by atoms with E-state index in [1.807, 2.05) is 30.5 Å². The number of carbonyl (C=O) groups excluding carboxylic acids is 3. The lowest BCUT2D eigenvalue weighted by Crippen LogP contribution is -2.57. The molecule has 1 aromatic heterocycles. The SMILES string of the molecule is CSCCC(N)C(=O)NC(CCCN=C(N)N)C(=O)NC(Cc1c[nH]c2ccccc12)C(=O)NC(C)C(=O)O. The van der Waals surface area contributed by atoms with Crippen LogP contribution < -0.4 is 33.2 Å². The zero-order valence-electron chi connectivity index (χ0n) is 22.1. The van der Waals surface area contributed by atoms with Gasteiger partial charge in [-0.1, -0.05) is 18.2 Å². The summed E-state index contributed by atoms with van der Waals surface area (Å²) in [4.78, 5) is 57.6.